The van der Waals surface area contributed by atoms with Crippen LogP contribution in [-0.4, -0.2) is 24.5 Å². The van der Waals surface area contributed by atoms with Gasteiger partial charge in [-0.05, 0) is 49.6 Å². The predicted octanol–water partition coefficient (Wildman–Crippen LogP) is 2.89. The van der Waals surface area contributed by atoms with Gasteiger partial charge in [-0.1, -0.05) is 18.2 Å². The van der Waals surface area contributed by atoms with Crippen LogP contribution in [0.3, 0.4) is 0 Å². The van der Waals surface area contributed by atoms with E-state index < -0.39 is 10.0 Å². The van der Waals surface area contributed by atoms with Gasteiger partial charge in [0.05, 0.1) is 4.90 Å². The largest absolute Gasteiger partial charge is 0.333 e. The Morgan fingerprint density at radius 3 is 2.71 bits per heavy atom. The molecule has 0 unspecified atom stereocenters. The monoisotopic (exact) mass is 343 g/mol. The first-order chi connectivity index (χ1) is 11.5. The number of hydrogen-bond donors (Lipinski definition) is 1. The average Bonchev–Trinajstić information content (AvgIpc) is 2.93. The Morgan fingerprint density at radius 2 is 1.96 bits per heavy atom. The van der Waals surface area contributed by atoms with Crippen molar-refractivity contribution in [3.63, 3.8) is 0 Å². The molecule has 0 bridgehead atoms. The minimum atomic E-state index is -3.49. The zero-order valence-electron chi connectivity index (χ0n) is 13.9. The van der Waals surface area contributed by atoms with Crippen molar-refractivity contribution in [2.75, 3.05) is 6.54 Å². The van der Waals surface area contributed by atoms with Gasteiger partial charge in [-0.2, -0.15) is 0 Å². The first kappa shape index (κ1) is 16.7. The van der Waals surface area contributed by atoms with Crippen LogP contribution in [0.25, 0.3) is 11.0 Å². The topological polar surface area (TPSA) is 64.0 Å². The lowest BCUT2D eigenvalue weighted by molar-refractivity contribution is 0.581. The number of nitrogens with zero attached hydrogens (tertiary/aromatic N) is 2. The summed E-state index contributed by atoms with van der Waals surface area (Å²) in [6.45, 7) is 5.06. The fourth-order valence-corrected chi connectivity index (χ4v) is 4.17. The Kier molecular flexibility index (Phi) is 4.69. The van der Waals surface area contributed by atoms with Gasteiger partial charge in [-0.25, -0.2) is 18.1 Å². The van der Waals surface area contributed by atoms with E-state index in [1.165, 1.54) is 0 Å². The van der Waals surface area contributed by atoms with Crippen LogP contribution in [-0.2, 0) is 23.0 Å². The van der Waals surface area contributed by atoms with Gasteiger partial charge in [0.15, 0.2) is 0 Å². The lowest BCUT2D eigenvalue weighted by atomic mass is 10.2. The van der Waals surface area contributed by atoms with Crippen LogP contribution in [0.1, 0.15) is 18.1 Å². The van der Waals surface area contributed by atoms with Crippen LogP contribution in [0.15, 0.2) is 53.7 Å². The summed E-state index contributed by atoms with van der Waals surface area (Å²) in [7, 11) is -3.49. The second-order valence-corrected chi connectivity index (χ2v) is 7.46. The number of rotatable bonds is 6. The third-order valence-electron chi connectivity index (χ3n) is 4.13. The molecule has 5 nitrogen and oxygen atoms in total. The SMILES string of the molecule is CCn1cc(CCNS(=O)(=O)c2ccccc2C)c2cccnc21. The molecule has 126 valence electrons. The van der Waals surface area contributed by atoms with Crippen molar-refractivity contribution in [3.05, 3.63) is 59.9 Å². The Hall–Kier alpha value is -2.18. The number of aryl methyl sites for hydroxylation is 2. The van der Waals surface area contributed by atoms with E-state index in [4.69, 9.17) is 0 Å². The average molecular weight is 343 g/mol. The summed E-state index contributed by atoms with van der Waals surface area (Å²) in [6, 6.07) is 10.9. The zero-order chi connectivity index (χ0) is 17.2. The molecule has 0 saturated carbocycles. The minimum Gasteiger partial charge on any atom is -0.333 e. The summed E-state index contributed by atoms with van der Waals surface area (Å²) >= 11 is 0. The lowest BCUT2D eigenvalue weighted by Crippen LogP contribution is -2.26. The molecule has 2 heterocycles. The van der Waals surface area contributed by atoms with Crippen molar-refractivity contribution in [1.29, 1.82) is 0 Å². The van der Waals surface area contributed by atoms with Crippen LogP contribution in [0.5, 0.6) is 0 Å². The van der Waals surface area contributed by atoms with Crippen molar-refractivity contribution in [2.24, 2.45) is 0 Å². The Morgan fingerprint density at radius 1 is 1.17 bits per heavy atom. The van der Waals surface area contributed by atoms with E-state index in [2.05, 4.69) is 27.4 Å². The summed E-state index contributed by atoms with van der Waals surface area (Å²) in [5.41, 5.74) is 2.79. The summed E-state index contributed by atoms with van der Waals surface area (Å²) in [5.74, 6) is 0. The fraction of sp³-hybridized carbons (Fsp3) is 0.278. The molecule has 0 saturated heterocycles. The van der Waals surface area contributed by atoms with E-state index in [1.807, 2.05) is 18.2 Å². The number of nitrogens with one attached hydrogen (secondary N) is 1. The highest BCUT2D eigenvalue weighted by Gasteiger charge is 2.16. The fourth-order valence-electron chi connectivity index (χ4n) is 2.89. The van der Waals surface area contributed by atoms with Gasteiger partial charge in [0.1, 0.15) is 5.65 Å². The third-order valence-corrected chi connectivity index (χ3v) is 5.75. The van der Waals surface area contributed by atoms with Gasteiger partial charge < -0.3 is 4.57 Å². The first-order valence-electron chi connectivity index (χ1n) is 8.01. The first-order valence-corrected chi connectivity index (χ1v) is 9.49. The van der Waals surface area contributed by atoms with E-state index in [1.54, 1.807) is 31.3 Å². The highest BCUT2D eigenvalue weighted by molar-refractivity contribution is 7.89. The zero-order valence-corrected chi connectivity index (χ0v) is 14.7. The number of fused-ring (bicyclic) bond motifs is 1. The molecule has 1 aromatic carbocycles. The molecule has 0 radical (unpaired) electrons. The Balaban J connectivity index is 1.77. The van der Waals surface area contributed by atoms with Crippen molar-refractivity contribution in [3.8, 4) is 0 Å². The van der Waals surface area contributed by atoms with Crippen molar-refractivity contribution in [2.45, 2.75) is 31.7 Å². The highest BCUT2D eigenvalue weighted by atomic mass is 32.2. The molecule has 0 aliphatic carbocycles. The summed E-state index contributed by atoms with van der Waals surface area (Å²) in [4.78, 5) is 4.75. The minimum absolute atomic E-state index is 0.336. The number of pyridine rings is 1. The second kappa shape index (κ2) is 6.75. The van der Waals surface area contributed by atoms with Gasteiger partial charge in [0, 0.05) is 30.9 Å². The summed E-state index contributed by atoms with van der Waals surface area (Å²) in [5, 5.41) is 1.08. The number of aromatic nitrogens is 2. The second-order valence-electron chi connectivity index (χ2n) is 5.73. The third kappa shape index (κ3) is 3.20. The van der Waals surface area contributed by atoms with Crippen molar-refractivity contribution < 1.29 is 8.42 Å². The maximum Gasteiger partial charge on any atom is 0.240 e. The van der Waals surface area contributed by atoms with E-state index in [9.17, 15) is 8.42 Å². The van der Waals surface area contributed by atoms with Crippen LogP contribution in [0.2, 0.25) is 0 Å². The molecule has 0 amide bonds. The van der Waals surface area contributed by atoms with E-state index >= 15 is 0 Å². The molecule has 6 heteroatoms. The van der Waals surface area contributed by atoms with Gasteiger partial charge in [-0.15, -0.1) is 0 Å². The molecular formula is C18H21N3O2S. The molecule has 3 aromatic rings. The molecule has 3 rings (SSSR count). The molecule has 0 fully saturated rings. The van der Waals surface area contributed by atoms with Gasteiger partial charge in [-0.3, -0.25) is 0 Å². The van der Waals surface area contributed by atoms with Gasteiger partial charge in [0.2, 0.25) is 10.0 Å². The molecule has 0 aliphatic heterocycles. The smallest absolute Gasteiger partial charge is 0.240 e. The van der Waals surface area contributed by atoms with Crippen molar-refractivity contribution in [1.82, 2.24) is 14.3 Å². The van der Waals surface area contributed by atoms with E-state index in [0.717, 1.165) is 28.7 Å². The Bertz CT molecular complexity index is 961. The van der Waals surface area contributed by atoms with E-state index in [-0.39, 0.29) is 0 Å². The van der Waals surface area contributed by atoms with Gasteiger partial charge >= 0.3 is 0 Å². The van der Waals surface area contributed by atoms with Crippen molar-refractivity contribution >= 4 is 21.1 Å². The number of benzene rings is 1. The summed E-state index contributed by atoms with van der Waals surface area (Å²) < 4.78 is 29.7. The standard InChI is InChI=1S/C18H21N3O2S/c1-3-21-13-15(16-8-6-11-19-18(16)21)10-12-20-24(22,23)17-9-5-4-7-14(17)2/h4-9,11,13,20H,3,10,12H2,1-2H3. The van der Waals surface area contributed by atoms with Crippen LogP contribution < -0.4 is 4.72 Å². The predicted molar refractivity (Wildman–Crippen MR) is 95.5 cm³/mol. The molecule has 0 atom stereocenters. The van der Waals surface area contributed by atoms with Crippen LogP contribution in [0, 0.1) is 6.92 Å². The maximum absolute atomic E-state index is 12.4. The lowest BCUT2D eigenvalue weighted by Gasteiger charge is -2.08. The van der Waals surface area contributed by atoms with Gasteiger partial charge in [0.25, 0.3) is 0 Å². The number of hydrogen-bond acceptors (Lipinski definition) is 3. The number of sulfonamides is 1. The van der Waals surface area contributed by atoms with E-state index in [0.29, 0.717) is 17.9 Å². The van der Waals surface area contributed by atoms with Crippen LogP contribution in [0.4, 0.5) is 0 Å². The maximum atomic E-state index is 12.4. The molecule has 24 heavy (non-hydrogen) atoms. The molecular weight excluding hydrogens is 322 g/mol. The molecule has 0 spiro atoms. The van der Waals surface area contributed by atoms with Crippen LogP contribution >= 0.6 is 0 Å². The molecule has 0 aliphatic rings. The normalized spacial score (nSPS) is 11.9. The molecule has 2 aromatic heterocycles. The summed E-state index contributed by atoms with van der Waals surface area (Å²) in [6.07, 6.45) is 4.46. The molecule has 1 N–H and O–H groups in total. The quantitative estimate of drug-likeness (QED) is 0.748. The Labute approximate surface area is 142 Å². The highest BCUT2D eigenvalue weighted by Crippen LogP contribution is 2.20.